The van der Waals surface area contributed by atoms with Crippen molar-refractivity contribution in [2.75, 3.05) is 5.73 Å². The van der Waals surface area contributed by atoms with Crippen molar-refractivity contribution in [1.82, 2.24) is 18.9 Å². The minimum atomic E-state index is -3.90. The summed E-state index contributed by atoms with van der Waals surface area (Å²) in [4.78, 5) is 11.4. The summed E-state index contributed by atoms with van der Waals surface area (Å²) in [5, 5.41) is -0.807. The standard InChI is InChI=1S/C25H19F4N5O2S/c1-12(2)37(35,36)34-21-9-13(3-8-20(21)31-25(34)30)22-23(16-6-4-14(26)10-18(16)28)33-24(32-22)17-7-5-15(27)11-19(17)29/h3-12H,1-2H3,(H2,30,31)(H,32,33). The Labute approximate surface area is 208 Å². The summed E-state index contributed by atoms with van der Waals surface area (Å²) < 4.78 is 83.3. The van der Waals surface area contributed by atoms with Gasteiger partial charge in [-0.2, -0.15) is 0 Å². The lowest BCUT2D eigenvalue weighted by atomic mass is 10.0. The number of imidazole rings is 2. The first-order valence-corrected chi connectivity index (χ1v) is 12.5. The van der Waals surface area contributed by atoms with Gasteiger partial charge in [0.2, 0.25) is 16.0 Å². The Balaban J connectivity index is 1.79. The van der Waals surface area contributed by atoms with Crippen molar-refractivity contribution in [3.05, 3.63) is 77.9 Å². The van der Waals surface area contributed by atoms with Gasteiger partial charge in [-0.3, -0.25) is 0 Å². The van der Waals surface area contributed by atoms with Crippen LogP contribution in [0, 0.1) is 23.3 Å². The molecule has 12 heteroatoms. The van der Waals surface area contributed by atoms with E-state index in [0.717, 1.165) is 16.1 Å². The fourth-order valence-corrected chi connectivity index (χ4v) is 5.12. The van der Waals surface area contributed by atoms with E-state index in [-0.39, 0.29) is 39.8 Å². The smallest absolute Gasteiger partial charge is 0.244 e. The quantitative estimate of drug-likeness (QED) is 0.293. The number of nitrogen functional groups attached to an aromatic ring is 1. The van der Waals surface area contributed by atoms with Crippen LogP contribution in [0.25, 0.3) is 44.9 Å². The van der Waals surface area contributed by atoms with Crippen molar-refractivity contribution in [3.63, 3.8) is 0 Å². The molecule has 2 aromatic heterocycles. The lowest BCUT2D eigenvalue weighted by Crippen LogP contribution is -2.23. The maximum Gasteiger partial charge on any atom is 0.244 e. The summed E-state index contributed by atoms with van der Waals surface area (Å²) in [6.07, 6.45) is 0. The second-order valence-corrected chi connectivity index (χ2v) is 10.9. The van der Waals surface area contributed by atoms with Crippen molar-refractivity contribution >= 4 is 27.0 Å². The van der Waals surface area contributed by atoms with E-state index in [1.807, 2.05) is 0 Å². The van der Waals surface area contributed by atoms with Crippen molar-refractivity contribution < 1.29 is 26.0 Å². The van der Waals surface area contributed by atoms with Gasteiger partial charge in [0.15, 0.2) is 0 Å². The molecule has 5 rings (SSSR count). The average molecular weight is 530 g/mol. The fourth-order valence-electron chi connectivity index (χ4n) is 3.98. The molecular formula is C25H19F4N5O2S. The van der Waals surface area contributed by atoms with Crippen LogP contribution < -0.4 is 5.73 Å². The molecular weight excluding hydrogens is 510 g/mol. The van der Waals surface area contributed by atoms with Crippen LogP contribution in [0.5, 0.6) is 0 Å². The molecule has 0 unspecified atom stereocenters. The Hall–Kier alpha value is -4.19. The van der Waals surface area contributed by atoms with Gasteiger partial charge in [0.25, 0.3) is 0 Å². The first kappa shape index (κ1) is 24.5. The first-order chi connectivity index (χ1) is 17.5. The van der Waals surface area contributed by atoms with Gasteiger partial charge in [0, 0.05) is 23.3 Å². The van der Waals surface area contributed by atoms with Crippen molar-refractivity contribution in [2.24, 2.45) is 0 Å². The number of nitrogens with zero attached hydrogens (tertiary/aromatic N) is 3. The number of H-pyrrole nitrogens is 1. The van der Waals surface area contributed by atoms with Gasteiger partial charge < -0.3 is 10.7 Å². The van der Waals surface area contributed by atoms with E-state index in [1.165, 1.54) is 38.1 Å². The van der Waals surface area contributed by atoms with Gasteiger partial charge in [-0.1, -0.05) is 6.07 Å². The number of rotatable bonds is 5. The molecule has 0 fully saturated rings. The second-order valence-electron chi connectivity index (χ2n) is 8.59. The van der Waals surface area contributed by atoms with E-state index in [9.17, 15) is 26.0 Å². The molecule has 0 saturated heterocycles. The molecule has 0 bridgehead atoms. The van der Waals surface area contributed by atoms with Gasteiger partial charge in [-0.15, -0.1) is 0 Å². The van der Waals surface area contributed by atoms with Crippen LogP contribution in [0.1, 0.15) is 13.8 Å². The molecule has 0 spiro atoms. The number of benzene rings is 3. The highest BCUT2D eigenvalue weighted by Gasteiger charge is 2.26. The summed E-state index contributed by atoms with van der Waals surface area (Å²) in [5.74, 6) is -3.69. The zero-order valence-corrected chi connectivity index (χ0v) is 20.2. The van der Waals surface area contributed by atoms with Crippen molar-refractivity contribution in [2.45, 2.75) is 19.1 Å². The minimum Gasteiger partial charge on any atom is -0.368 e. The Morgan fingerprint density at radius 3 is 2.08 bits per heavy atom. The largest absolute Gasteiger partial charge is 0.368 e. The highest BCUT2D eigenvalue weighted by atomic mass is 32.2. The Kier molecular flexibility index (Phi) is 5.78. The molecule has 3 N–H and O–H groups in total. The zero-order valence-electron chi connectivity index (χ0n) is 19.4. The number of aromatic amines is 1. The number of hydrogen-bond donors (Lipinski definition) is 2. The lowest BCUT2D eigenvalue weighted by molar-refractivity contribution is 0.580. The molecule has 0 radical (unpaired) electrons. The van der Waals surface area contributed by atoms with Crippen LogP contribution in [0.3, 0.4) is 0 Å². The summed E-state index contributed by atoms with van der Waals surface area (Å²) in [6, 6.07) is 10.4. The van der Waals surface area contributed by atoms with Gasteiger partial charge in [-0.25, -0.2) is 39.9 Å². The molecule has 2 heterocycles. The van der Waals surface area contributed by atoms with Crippen LogP contribution in [0.2, 0.25) is 0 Å². The highest BCUT2D eigenvalue weighted by Crippen LogP contribution is 2.37. The van der Waals surface area contributed by atoms with Crippen LogP contribution >= 0.6 is 0 Å². The molecule has 3 aromatic carbocycles. The monoisotopic (exact) mass is 529 g/mol. The average Bonchev–Trinajstić information content (AvgIpc) is 3.39. The number of hydrogen-bond acceptors (Lipinski definition) is 5. The maximum atomic E-state index is 14.8. The highest BCUT2D eigenvalue weighted by molar-refractivity contribution is 7.90. The zero-order chi connectivity index (χ0) is 26.6. The molecule has 190 valence electrons. The van der Waals surface area contributed by atoms with E-state index < -0.39 is 38.5 Å². The Bertz CT molecular complexity index is 1790. The third kappa shape index (κ3) is 4.12. The molecule has 0 aliphatic carbocycles. The fraction of sp³-hybridized carbons (Fsp3) is 0.120. The van der Waals surface area contributed by atoms with E-state index in [1.54, 1.807) is 6.07 Å². The molecule has 0 saturated carbocycles. The summed E-state index contributed by atoms with van der Waals surface area (Å²) in [7, 11) is -3.90. The van der Waals surface area contributed by atoms with Crippen LogP contribution in [0.15, 0.2) is 54.6 Å². The number of anilines is 1. The van der Waals surface area contributed by atoms with E-state index in [2.05, 4.69) is 15.0 Å². The van der Waals surface area contributed by atoms with Gasteiger partial charge in [-0.05, 0) is 50.2 Å². The Morgan fingerprint density at radius 2 is 1.49 bits per heavy atom. The van der Waals surface area contributed by atoms with E-state index in [0.29, 0.717) is 23.2 Å². The topological polar surface area (TPSA) is 107 Å². The minimum absolute atomic E-state index is 0.0471. The summed E-state index contributed by atoms with van der Waals surface area (Å²) in [5.41, 5.74) is 6.71. The normalized spacial score (nSPS) is 12.1. The number of fused-ring (bicyclic) bond motifs is 1. The third-order valence-electron chi connectivity index (χ3n) is 5.85. The van der Waals surface area contributed by atoms with Crippen LogP contribution in [0.4, 0.5) is 23.5 Å². The predicted molar refractivity (Wildman–Crippen MR) is 132 cm³/mol. The third-order valence-corrected chi connectivity index (χ3v) is 7.94. The first-order valence-electron chi connectivity index (χ1n) is 11.0. The second kappa shape index (κ2) is 8.73. The summed E-state index contributed by atoms with van der Waals surface area (Å²) in [6.45, 7) is 2.99. The molecule has 7 nitrogen and oxygen atoms in total. The lowest BCUT2D eigenvalue weighted by Gasteiger charge is -2.11. The summed E-state index contributed by atoms with van der Waals surface area (Å²) >= 11 is 0. The van der Waals surface area contributed by atoms with E-state index in [4.69, 9.17) is 5.73 Å². The van der Waals surface area contributed by atoms with Crippen LogP contribution in [-0.4, -0.2) is 32.6 Å². The number of nitrogens with two attached hydrogens (primary N) is 1. The van der Waals surface area contributed by atoms with E-state index >= 15 is 0 Å². The molecule has 5 aromatic rings. The maximum absolute atomic E-state index is 14.8. The number of aromatic nitrogens is 4. The Morgan fingerprint density at radius 1 is 0.865 bits per heavy atom. The molecule has 37 heavy (non-hydrogen) atoms. The predicted octanol–water partition coefficient (Wildman–Crippen LogP) is 5.49. The number of halogens is 4. The van der Waals surface area contributed by atoms with Crippen molar-refractivity contribution in [1.29, 1.82) is 0 Å². The van der Waals surface area contributed by atoms with Gasteiger partial charge >= 0.3 is 0 Å². The molecule has 0 aliphatic heterocycles. The molecule has 0 atom stereocenters. The molecule has 0 amide bonds. The number of nitrogens with one attached hydrogen (secondary N) is 1. The molecule has 0 aliphatic rings. The SMILES string of the molecule is CC(C)S(=O)(=O)n1c(N)nc2ccc(-c3nc(-c4ccc(F)cc4F)[nH]c3-c3ccc(F)cc3F)cc21. The van der Waals surface area contributed by atoms with Crippen molar-refractivity contribution in [3.8, 4) is 33.9 Å². The van der Waals surface area contributed by atoms with Gasteiger partial charge in [0.1, 0.15) is 29.1 Å². The van der Waals surface area contributed by atoms with Crippen LogP contribution in [-0.2, 0) is 10.0 Å². The van der Waals surface area contributed by atoms with Gasteiger partial charge in [0.05, 0.1) is 33.2 Å².